The van der Waals surface area contributed by atoms with Gasteiger partial charge in [0, 0.05) is 6.07 Å². The fourth-order valence-electron chi connectivity index (χ4n) is 5.42. The highest BCUT2D eigenvalue weighted by atomic mass is 19.1. The van der Waals surface area contributed by atoms with Crippen molar-refractivity contribution < 1.29 is 27.8 Å². The van der Waals surface area contributed by atoms with Gasteiger partial charge in [-0.2, -0.15) is 0 Å². The summed E-state index contributed by atoms with van der Waals surface area (Å²) in [6.07, 6.45) is 9.34. The molecule has 2 saturated carbocycles. The zero-order valence-electron chi connectivity index (χ0n) is 18.9. The Hall–Kier alpha value is -2.76. The van der Waals surface area contributed by atoms with Crippen LogP contribution in [0.15, 0.2) is 42.5 Å². The molecule has 2 aliphatic rings. The number of halogens is 2. The Labute approximate surface area is 193 Å². The van der Waals surface area contributed by atoms with Gasteiger partial charge in [-0.15, -0.1) is 0 Å². The third kappa shape index (κ3) is 5.79. The van der Waals surface area contributed by atoms with Crippen LogP contribution in [0.4, 0.5) is 8.78 Å². The van der Waals surface area contributed by atoms with Crippen molar-refractivity contribution in [2.75, 3.05) is 0 Å². The first-order chi connectivity index (χ1) is 15.9. The molecule has 0 aliphatic heterocycles. The van der Waals surface area contributed by atoms with Gasteiger partial charge in [0.05, 0.1) is 11.1 Å². The minimum Gasteiger partial charge on any atom is -0.459 e. The van der Waals surface area contributed by atoms with Crippen molar-refractivity contribution in [3.63, 3.8) is 0 Å². The number of carbonyl (C=O) groups excluding carboxylic acids is 2. The highest BCUT2D eigenvalue weighted by Crippen LogP contribution is 2.44. The van der Waals surface area contributed by atoms with Gasteiger partial charge in [0.2, 0.25) is 0 Å². The van der Waals surface area contributed by atoms with Crippen LogP contribution >= 0.6 is 0 Å². The maximum absolute atomic E-state index is 13.8. The van der Waals surface area contributed by atoms with Crippen LogP contribution in [0.3, 0.4) is 0 Å². The molecule has 4 rings (SSSR count). The normalized spacial score (nSPS) is 24.6. The maximum atomic E-state index is 13.8. The highest BCUT2D eigenvalue weighted by molar-refractivity contribution is 5.92. The third-order valence-corrected chi connectivity index (χ3v) is 7.10. The Morgan fingerprint density at radius 3 is 2.36 bits per heavy atom. The van der Waals surface area contributed by atoms with E-state index in [1.54, 1.807) is 0 Å². The molecule has 33 heavy (non-hydrogen) atoms. The smallest absolute Gasteiger partial charge is 0.346 e. The second-order valence-corrected chi connectivity index (χ2v) is 9.37. The summed E-state index contributed by atoms with van der Waals surface area (Å²) in [5, 5.41) is 0. The van der Waals surface area contributed by atoms with Crippen molar-refractivity contribution in [1.82, 2.24) is 0 Å². The molecular weight excluding hydrogens is 426 g/mol. The zero-order chi connectivity index (χ0) is 23.4. The molecule has 4 atom stereocenters. The van der Waals surface area contributed by atoms with Gasteiger partial charge in [0.25, 0.3) is 0 Å². The predicted octanol–water partition coefficient (Wildman–Crippen LogP) is 6.73. The average Bonchev–Trinajstić information content (AvgIpc) is 2.79. The van der Waals surface area contributed by atoms with Crippen LogP contribution in [0.5, 0.6) is 5.75 Å². The number of rotatable bonds is 6. The first-order valence-corrected chi connectivity index (χ1v) is 11.9. The van der Waals surface area contributed by atoms with Crippen LogP contribution in [0.1, 0.15) is 79.0 Å². The minimum absolute atomic E-state index is 0.0552. The second-order valence-electron chi connectivity index (χ2n) is 9.37. The average molecular weight is 457 g/mol. The Balaban J connectivity index is 1.29. The molecule has 176 valence electrons. The van der Waals surface area contributed by atoms with Gasteiger partial charge in [0.1, 0.15) is 23.5 Å². The lowest BCUT2D eigenvalue weighted by molar-refractivity contribution is -0.00620. The van der Waals surface area contributed by atoms with Gasteiger partial charge >= 0.3 is 11.9 Å². The second kappa shape index (κ2) is 10.4. The molecule has 0 saturated heterocycles. The van der Waals surface area contributed by atoms with Crippen LogP contribution < -0.4 is 4.74 Å². The lowest BCUT2D eigenvalue weighted by Crippen LogP contribution is -2.35. The van der Waals surface area contributed by atoms with Crippen molar-refractivity contribution >= 4 is 11.9 Å². The molecule has 0 unspecified atom stereocenters. The topological polar surface area (TPSA) is 52.6 Å². The van der Waals surface area contributed by atoms with Gasteiger partial charge in [-0.25, -0.2) is 18.4 Å². The number of ether oxygens (including phenoxy) is 2. The van der Waals surface area contributed by atoms with Crippen LogP contribution in [0, 0.1) is 29.4 Å². The first-order valence-electron chi connectivity index (χ1n) is 11.9. The number of fused-ring (bicyclic) bond motifs is 1. The number of carbonyl (C=O) groups is 2. The van der Waals surface area contributed by atoms with E-state index in [0.29, 0.717) is 17.5 Å². The van der Waals surface area contributed by atoms with E-state index in [-0.39, 0.29) is 23.4 Å². The van der Waals surface area contributed by atoms with E-state index in [1.807, 2.05) is 0 Å². The van der Waals surface area contributed by atoms with Gasteiger partial charge in [-0.1, -0.05) is 26.2 Å². The van der Waals surface area contributed by atoms with E-state index in [4.69, 9.17) is 9.47 Å². The van der Waals surface area contributed by atoms with E-state index >= 15 is 0 Å². The fraction of sp³-hybridized carbons (Fsp3) is 0.481. The summed E-state index contributed by atoms with van der Waals surface area (Å²) >= 11 is 0. The summed E-state index contributed by atoms with van der Waals surface area (Å²) in [7, 11) is 0. The standard InChI is InChI=1S/C27H30F2O4/c1-2-3-17-4-5-20-15-23(12-8-19(20)14-17)33-26(30)18-6-10-22(11-7-18)32-27(31)24-13-9-21(28)16-25(24)29/h6-7,9-11,13,16-17,19-20,23H,2-5,8,12,14-15H2,1H3/t17-,19+,20-,23+/m0/s1. The zero-order valence-corrected chi connectivity index (χ0v) is 18.9. The quantitative estimate of drug-likeness (QED) is 0.357. The summed E-state index contributed by atoms with van der Waals surface area (Å²) in [6, 6.07) is 8.61. The number of hydrogen-bond donors (Lipinski definition) is 0. The van der Waals surface area contributed by atoms with E-state index in [2.05, 4.69) is 6.92 Å². The van der Waals surface area contributed by atoms with Crippen LogP contribution in [-0.2, 0) is 4.74 Å². The first kappa shape index (κ1) is 23.4. The van der Waals surface area contributed by atoms with E-state index in [0.717, 1.165) is 43.2 Å². The number of benzene rings is 2. The molecule has 0 amide bonds. The highest BCUT2D eigenvalue weighted by Gasteiger charge is 2.36. The summed E-state index contributed by atoms with van der Waals surface area (Å²) < 4.78 is 37.7. The van der Waals surface area contributed by atoms with Crippen LogP contribution in [0.25, 0.3) is 0 Å². The lowest BCUT2D eigenvalue weighted by Gasteiger charge is -2.41. The Morgan fingerprint density at radius 1 is 0.909 bits per heavy atom. The summed E-state index contributed by atoms with van der Waals surface area (Å²) in [6.45, 7) is 2.25. The molecule has 0 heterocycles. The van der Waals surface area contributed by atoms with Gasteiger partial charge in [-0.05, 0) is 86.3 Å². The number of esters is 2. The summed E-state index contributed by atoms with van der Waals surface area (Å²) in [5.74, 6) is -0.650. The van der Waals surface area contributed by atoms with Crippen LogP contribution in [-0.4, -0.2) is 18.0 Å². The van der Waals surface area contributed by atoms with Gasteiger partial charge in [-0.3, -0.25) is 0 Å². The molecule has 0 aromatic heterocycles. The molecule has 0 N–H and O–H groups in total. The molecule has 4 nitrogen and oxygen atoms in total. The van der Waals surface area contributed by atoms with E-state index in [1.165, 1.54) is 56.4 Å². The molecule has 0 spiro atoms. The maximum Gasteiger partial charge on any atom is 0.346 e. The molecule has 2 aromatic rings. The molecule has 2 aromatic carbocycles. The van der Waals surface area contributed by atoms with Gasteiger partial charge < -0.3 is 9.47 Å². The Morgan fingerprint density at radius 2 is 1.64 bits per heavy atom. The van der Waals surface area contributed by atoms with Gasteiger partial charge in [0.15, 0.2) is 0 Å². The van der Waals surface area contributed by atoms with Crippen LogP contribution in [0.2, 0.25) is 0 Å². The monoisotopic (exact) mass is 456 g/mol. The summed E-state index contributed by atoms with van der Waals surface area (Å²) in [4.78, 5) is 24.7. The fourth-order valence-corrected chi connectivity index (χ4v) is 5.42. The Bertz CT molecular complexity index is 988. The molecule has 0 bridgehead atoms. The minimum atomic E-state index is -0.992. The molecular formula is C27H30F2O4. The largest absolute Gasteiger partial charge is 0.459 e. The molecule has 2 aliphatic carbocycles. The van der Waals surface area contributed by atoms with Crippen molar-refractivity contribution in [2.24, 2.45) is 17.8 Å². The lowest BCUT2D eigenvalue weighted by atomic mass is 9.66. The van der Waals surface area contributed by atoms with Crippen molar-refractivity contribution in [1.29, 1.82) is 0 Å². The number of hydrogen-bond acceptors (Lipinski definition) is 4. The predicted molar refractivity (Wildman–Crippen MR) is 120 cm³/mol. The Kier molecular flexibility index (Phi) is 7.41. The van der Waals surface area contributed by atoms with Crippen molar-refractivity contribution in [3.8, 4) is 5.75 Å². The molecule has 6 heteroatoms. The van der Waals surface area contributed by atoms with E-state index < -0.39 is 17.6 Å². The van der Waals surface area contributed by atoms with E-state index in [9.17, 15) is 18.4 Å². The molecule has 0 radical (unpaired) electrons. The summed E-state index contributed by atoms with van der Waals surface area (Å²) in [5.41, 5.74) is 0.00996. The molecule has 2 fully saturated rings. The SMILES string of the molecule is CCC[C@H]1CC[C@H]2C[C@H](OC(=O)c3ccc(OC(=O)c4ccc(F)cc4F)cc3)CC[C@@H]2C1. The third-order valence-electron chi connectivity index (χ3n) is 7.10. The van der Waals surface area contributed by atoms with Crippen molar-refractivity contribution in [3.05, 3.63) is 65.2 Å². The van der Waals surface area contributed by atoms with Crippen molar-refractivity contribution in [2.45, 2.75) is 64.4 Å².